The summed E-state index contributed by atoms with van der Waals surface area (Å²) in [5, 5.41) is 7.01. The molecule has 0 aliphatic carbocycles. The van der Waals surface area contributed by atoms with E-state index in [1.54, 1.807) is 0 Å². The maximum Gasteiger partial charge on any atom is 0.171 e. The van der Waals surface area contributed by atoms with Crippen LogP contribution in [-0.4, -0.2) is 21.3 Å². The second-order valence-corrected chi connectivity index (χ2v) is 2.83. The van der Waals surface area contributed by atoms with Gasteiger partial charge in [0.15, 0.2) is 6.29 Å². The average Bonchev–Trinajstić information content (AvgIpc) is 2.64. The van der Waals surface area contributed by atoms with E-state index in [9.17, 15) is 13.6 Å². The molecule has 0 bridgehead atoms. The van der Waals surface area contributed by atoms with Crippen molar-refractivity contribution in [3.63, 3.8) is 0 Å². The summed E-state index contributed by atoms with van der Waals surface area (Å²) in [7, 11) is 0. The predicted octanol–water partition coefficient (Wildman–Crippen LogP) is 1.36. The van der Waals surface area contributed by atoms with Crippen molar-refractivity contribution in [1.82, 2.24) is 15.0 Å². The van der Waals surface area contributed by atoms with E-state index in [1.807, 2.05) is 0 Å². The summed E-state index contributed by atoms with van der Waals surface area (Å²) in [5.74, 6) is -1.43. The number of carbonyl (C=O) groups excluding carboxylic acids is 1. The Hall–Kier alpha value is -2.11. The highest BCUT2D eigenvalue weighted by atomic mass is 19.1. The van der Waals surface area contributed by atoms with Crippen molar-refractivity contribution in [2.45, 2.75) is 0 Å². The minimum Gasteiger partial charge on any atom is -0.296 e. The molecule has 0 saturated carbocycles. The summed E-state index contributed by atoms with van der Waals surface area (Å²) in [6.07, 6.45) is 1.78. The molecule has 0 N–H and O–H groups in total. The van der Waals surface area contributed by atoms with Gasteiger partial charge in [0.05, 0.1) is 11.9 Å². The van der Waals surface area contributed by atoms with E-state index in [-0.39, 0.29) is 11.4 Å². The molecule has 1 aromatic heterocycles. The van der Waals surface area contributed by atoms with Gasteiger partial charge in [-0.25, -0.2) is 13.5 Å². The fourth-order valence-electron chi connectivity index (χ4n) is 1.13. The molecule has 0 aliphatic heterocycles. The first-order chi connectivity index (χ1) is 7.19. The van der Waals surface area contributed by atoms with Gasteiger partial charge in [-0.3, -0.25) is 4.79 Å². The monoisotopic (exact) mass is 209 g/mol. The fraction of sp³-hybridized carbons (Fsp3) is 0. The van der Waals surface area contributed by atoms with Crippen molar-refractivity contribution in [2.24, 2.45) is 0 Å². The van der Waals surface area contributed by atoms with Crippen LogP contribution in [0.4, 0.5) is 8.78 Å². The van der Waals surface area contributed by atoms with Gasteiger partial charge in [-0.05, 0) is 12.1 Å². The van der Waals surface area contributed by atoms with Crippen molar-refractivity contribution in [2.75, 3.05) is 0 Å². The van der Waals surface area contributed by atoms with E-state index < -0.39 is 11.6 Å². The SMILES string of the molecule is O=Cc1cn(-c2cc(F)cc(F)c2)nn1. The Balaban J connectivity index is 2.48. The largest absolute Gasteiger partial charge is 0.296 e. The Morgan fingerprint density at radius 3 is 2.40 bits per heavy atom. The van der Waals surface area contributed by atoms with E-state index in [1.165, 1.54) is 6.20 Å². The van der Waals surface area contributed by atoms with Crippen molar-refractivity contribution >= 4 is 6.29 Å². The summed E-state index contributed by atoms with van der Waals surface area (Å²) in [4.78, 5) is 10.3. The Morgan fingerprint density at radius 1 is 1.20 bits per heavy atom. The van der Waals surface area contributed by atoms with Gasteiger partial charge in [0.1, 0.15) is 17.3 Å². The molecule has 4 nitrogen and oxygen atoms in total. The number of hydrogen-bond donors (Lipinski definition) is 0. The fourth-order valence-corrected chi connectivity index (χ4v) is 1.13. The molecular weight excluding hydrogens is 204 g/mol. The van der Waals surface area contributed by atoms with Crippen LogP contribution in [0.25, 0.3) is 5.69 Å². The molecular formula is C9H5F2N3O. The third-order valence-corrected chi connectivity index (χ3v) is 1.74. The van der Waals surface area contributed by atoms with Gasteiger partial charge >= 0.3 is 0 Å². The molecule has 0 unspecified atom stereocenters. The number of nitrogens with zero attached hydrogens (tertiary/aromatic N) is 3. The van der Waals surface area contributed by atoms with Crippen molar-refractivity contribution in [1.29, 1.82) is 0 Å². The number of rotatable bonds is 2. The molecule has 0 aliphatic rings. The summed E-state index contributed by atoms with van der Waals surface area (Å²) >= 11 is 0. The molecule has 2 rings (SSSR count). The van der Waals surface area contributed by atoms with Gasteiger partial charge in [-0.1, -0.05) is 5.21 Å². The second kappa shape index (κ2) is 3.56. The molecule has 0 atom stereocenters. The first-order valence-electron chi connectivity index (χ1n) is 4.03. The number of hydrogen-bond acceptors (Lipinski definition) is 3. The molecule has 2 aromatic rings. The van der Waals surface area contributed by atoms with E-state index in [4.69, 9.17) is 0 Å². The van der Waals surface area contributed by atoms with Crippen LogP contribution in [0.15, 0.2) is 24.4 Å². The smallest absolute Gasteiger partial charge is 0.171 e. The summed E-state index contributed by atoms with van der Waals surface area (Å²) in [6.45, 7) is 0. The van der Waals surface area contributed by atoms with Crippen molar-refractivity contribution < 1.29 is 13.6 Å². The topological polar surface area (TPSA) is 47.8 Å². The lowest BCUT2D eigenvalue weighted by molar-refractivity contribution is 0.111. The average molecular weight is 209 g/mol. The van der Waals surface area contributed by atoms with Crippen LogP contribution in [0.2, 0.25) is 0 Å². The molecule has 1 heterocycles. The highest BCUT2D eigenvalue weighted by molar-refractivity contribution is 5.70. The third kappa shape index (κ3) is 1.88. The van der Waals surface area contributed by atoms with Gasteiger partial charge in [0.25, 0.3) is 0 Å². The Bertz CT molecular complexity index is 490. The molecule has 0 radical (unpaired) electrons. The van der Waals surface area contributed by atoms with Crippen LogP contribution in [0, 0.1) is 11.6 Å². The summed E-state index contributed by atoms with van der Waals surface area (Å²) < 4.78 is 26.8. The summed E-state index contributed by atoms with van der Waals surface area (Å²) in [5.41, 5.74) is 0.271. The van der Waals surface area contributed by atoms with Gasteiger partial charge < -0.3 is 0 Å². The molecule has 76 valence electrons. The van der Waals surface area contributed by atoms with Crippen LogP contribution in [-0.2, 0) is 0 Å². The lowest BCUT2D eigenvalue weighted by Crippen LogP contribution is -1.96. The van der Waals surface area contributed by atoms with E-state index in [0.29, 0.717) is 6.29 Å². The highest BCUT2D eigenvalue weighted by Gasteiger charge is 2.05. The lowest BCUT2D eigenvalue weighted by Gasteiger charge is -1.99. The van der Waals surface area contributed by atoms with Crippen LogP contribution < -0.4 is 0 Å². The van der Waals surface area contributed by atoms with Crippen LogP contribution in [0.1, 0.15) is 10.5 Å². The Labute approximate surface area is 83.1 Å². The molecule has 1 aromatic carbocycles. The molecule has 0 spiro atoms. The minimum atomic E-state index is -0.715. The number of halogens is 2. The Kier molecular flexibility index (Phi) is 2.24. The predicted molar refractivity (Wildman–Crippen MR) is 46.7 cm³/mol. The molecule has 6 heteroatoms. The zero-order chi connectivity index (χ0) is 10.8. The van der Waals surface area contributed by atoms with Crippen LogP contribution in [0.3, 0.4) is 0 Å². The van der Waals surface area contributed by atoms with Crippen LogP contribution in [0.5, 0.6) is 0 Å². The van der Waals surface area contributed by atoms with Crippen molar-refractivity contribution in [3.05, 3.63) is 41.7 Å². The minimum absolute atomic E-state index is 0.0969. The zero-order valence-electron chi connectivity index (χ0n) is 7.39. The first kappa shape index (κ1) is 9.45. The number of benzene rings is 1. The number of carbonyl (C=O) groups is 1. The quantitative estimate of drug-likeness (QED) is 0.701. The number of aldehydes is 1. The Morgan fingerprint density at radius 2 is 1.87 bits per heavy atom. The van der Waals surface area contributed by atoms with Gasteiger partial charge in [-0.15, -0.1) is 5.10 Å². The van der Waals surface area contributed by atoms with Crippen molar-refractivity contribution in [3.8, 4) is 5.69 Å². The van der Waals surface area contributed by atoms with E-state index in [0.717, 1.165) is 22.9 Å². The maximum atomic E-state index is 12.8. The molecule has 0 saturated heterocycles. The first-order valence-corrected chi connectivity index (χ1v) is 4.03. The van der Waals surface area contributed by atoms with E-state index in [2.05, 4.69) is 10.3 Å². The zero-order valence-corrected chi connectivity index (χ0v) is 7.39. The number of aromatic nitrogens is 3. The lowest BCUT2D eigenvalue weighted by atomic mass is 10.3. The normalized spacial score (nSPS) is 10.3. The molecule has 0 fully saturated rings. The van der Waals surface area contributed by atoms with Gasteiger partial charge in [0, 0.05) is 6.07 Å². The van der Waals surface area contributed by atoms with E-state index >= 15 is 0 Å². The maximum absolute atomic E-state index is 12.8. The second-order valence-electron chi connectivity index (χ2n) is 2.83. The van der Waals surface area contributed by atoms with Gasteiger partial charge in [-0.2, -0.15) is 0 Å². The standard InChI is InChI=1S/C9H5F2N3O/c10-6-1-7(11)3-9(2-6)14-4-8(5-15)12-13-14/h1-5H. The molecule has 15 heavy (non-hydrogen) atoms. The summed E-state index contributed by atoms with van der Waals surface area (Å²) in [6, 6.07) is 2.93. The van der Waals surface area contributed by atoms with Gasteiger partial charge in [0.2, 0.25) is 0 Å². The molecule has 0 amide bonds. The van der Waals surface area contributed by atoms with Crippen LogP contribution >= 0.6 is 0 Å². The highest BCUT2D eigenvalue weighted by Crippen LogP contribution is 2.11. The third-order valence-electron chi connectivity index (χ3n) is 1.74.